The van der Waals surface area contributed by atoms with E-state index in [-0.39, 0.29) is 12.3 Å². The zero-order valence-corrected chi connectivity index (χ0v) is 9.91. The number of carboxylic acids is 1. The Kier molecular flexibility index (Phi) is 5.44. The summed E-state index contributed by atoms with van der Waals surface area (Å²) in [5.41, 5.74) is 0. The van der Waals surface area contributed by atoms with Gasteiger partial charge < -0.3 is 10.0 Å². The molecule has 1 amide bonds. The van der Waals surface area contributed by atoms with Crippen molar-refractivity contribution < 1.29 is 27.9 Å². The molecule has 7 heteroatoms. The van der Waals surface area contributed by atoms with Crippen molar-refractivity contribution in [2.24, 2.45) is 5.92 Å². The molecule has 0 aromatic heterocycles. The number of carbonyl (C=O) groups excluding carboxylic acids is 1. The van der Waals surface area contributed by atoms with Crippen LogP contribution < -0.4 is 0 Å². The number of halogens is 3. The molecule has 17 heavy (non-hydrogen) atoms. The van der Waals surface area contributed by atoms with Gasteiger partial charge in [0.25, 0.3) is 0 Å². The van der Waals surface area contributed by atoms with Crippen LogP contribution in [0, 0.1) is 5.92 Å². The molecule has 1 atom stereocenters. The molecule has 0 aliphatic carbocycles. The third kappa shape index (κ3) is 6.13. The van der Waals surface area contributed by atoms with E-state index >= 15 is 0 Å². The number of carbonyl (C=O) groups is 2. The normalized spacial score (nSPS) is 13.6. The Morgan fingerprint density at radius 2 is 1.76 bits per heavy atom. The standard InChI is InChI=1S/C10H16F3NO3/c1-6(2)4-8(9(16)17)14(7(3)15)5-10(11,12)13/h6,8H,4-5H2,1-3H3,(H,16,17)/t8-/m0/s1. The van der Waals surface area contributed by atoms with Gasteiger partial charge in [-0.15, -0.1) is 0 Å². The highest BCUT2D eigenvalue weighted by atomic mass is 19.4. The molecule has 0 heterocycles. The van der Waals surface area contributed by atoms with Crippen LogP contribution in [0.3, 0.4) is 0 Å². The van der Waals surface area contributed by atoms with E-state index in [9.17, 15) is 22.8 Å². The van der Waals surface area contributed by atoms with E-state index in [1.807, 2.05) is 0 Å². The molecule has 0 fully saturated rings. The first-order valence-corrected chi connectivity index (χ1v) is 5.11. The van der Waals surface area contributed by atoms with Gasteiger partial charge in [0.1, 0.15) is 12.6 Å². The lowest BCUT2D eigenvalue weighted by Crippen LogP contribution is -2.49. The maximum absolute atomic E-state index is 12.2. The van der Waals surface area contributed by atoms with Crippen molar-refractivity contribution in [2.75, 3.05) is 6.54 Å². The minimum absolute atomic E-state index is 0.00894. The fourth-order valence-electron chi connectivity index (χ4n) is 1.44. The lowest BCUT2D eigenvalue weighted by Gasteiger charge is -2.29. The SMILES string of the molecule is CC(=O)N(CC(F)(F)F)[C@@H](CC(C)C)C(=O)O. The molecule has 0 unspecified atom stereocenters. The number of hydrogen-bond donors (Lipinski definition) is 1. The zero-order chi connectivity index (χ0) is 13.8. The molecule has 100 valence electrons. The molecule has 0 aromatic rings. The topological polar surface area (TPSA) is 57.6 Å². The molecule has 1 N–H and O–H groups in total. The largest absolute Gasteiger partial charge is 0.480 e. The van der Waals surface area contributed by atoms with Crippen LogP contribution in [0.4, 0.5) is 13.2 Å². The van der Waals surface area contributed by atoms with Gasteiger partial charge in [0, 0.05) is 6.92 Å². The summed E-state index contributed by atoms with van der Waals surface area (Å²) in [4.78, 5) is 22.4. The number of alkyl halides is 3. The summed E-state index contributed by atoms with van der Waals surface area (Å²) in [5, 5.41) is 8.88. The lowest BCUT2D eigenvalue weighted by molar-refractivity contribution is -0.172. The first-order valence-electron chi connectivity index (χ1n) is 5.11. The van der Waals surface area contributed by atoms with Crippen LogP contribution in [0.25, 0.3) is 0 Å². The average molecular weight is 255 g/mol. The highest BCUT2D eigenvalue weighted by Crippen LogP contribution is 2.21. The second-order valence-electron chi connectivity index (χ2n) is 4.25. The van der Waals surface area contributed by atoms with Crippen molar-refractivity contribution in [2.45, 2.75) is 39.4 Å². The van der Waals surface area contributed by atoms with Crippen molar-refractivity contribution in [3.8, 4) is 0 Å². The van der Waals surface area contributed by atoms with E-state index in [2.05, 4.69) is 0 Å². The Labute approximate surface area is 97.4 Å². The van der Waals surface area contributed by atoms with Gasteiger partial charge >= 0.3 is 12.1 Å². The fourth-order valence-corrected chi connectivity index (χ4v) is 1.44. The van der Waals surface area contributed by atoms with Crippen LogP contribution in [0.5, 0.6) is 0 Å². The number of nitrogens with zero attached hydrogens (tertiary/aromatic N) is 1. The maximum atomic E-state index is 12.2. The Hall–Kier alpha value is -1.27. The molecule has 0 aliphatic rings. The van der Waals surface area contributed by atoms with Crippen LogP contribution in [-0.4, -0.2) is 40.6 Å². The van der Waals surface area contributed by atoms with E-state index in [4.69, 9.17) is 5.11 Å². The fraction of sp³-hybridized carbons (Fsp3) is 0.800. The average Bonchev–Trinajstić information content (AvgIpc) is 2.08. The van der Waals surface area contributed by atoms with Crippen LogP contribution >= 0.6 is 0 Å². The summed E-state index contributed by atoms with van der Waals surface area (Å²) in [7, 11) is 0. The summed E-state index contributed by atoms with van der Waals surface area (Å²) < 4.78 is 36.7. The number of aliphatic carboxylic acids is 1. The second-order valence-corrected chi connectivity index (χ2v) is 4.25. The van der Waals surface area contributed by atoms with Gasteiger partial charge in [-0.25, -0.2) is 4.79 Å². The third-order valence-corrected chi connectivity index (χ3v) is 2.11. The Morgan fingerprint density at radius 3 is 2.00 bits per heavy atom. The summed E-state index contributed by atoms with van der Waals surface area (Å²) in [6.07, 6.45) is -4.61. The number of carboxylic acid groups (broad SMARTS) is 1. The molecule has 0 aromatic carbocycles. The number of hydrogen-bond acceptors (Lipinski definition) is 2. The Morgan fingerprint density at radius 1 is 1.29 bits per heavy atom. The minimum Gasteiger partial charge on any atom is -0.480 e. The first kappa shape index (κ1) is 15.7. The molecular formula is C10H16F3NO3. The van der Waals surface area contributed by atoms with E-state index < -0.39 is 30.6 Å². The van der Waals surface area contributed by atoms with Crippen molar-refractivity contribution in [1.29, 1.82) is 0 Å². The summed E-state index contributed by atoms with van der Waals surface area (Å²) in [5.74, 6) is -2.43. The van der Waals surface area contributed by atoms with Gasteiger partial charge in [0.05, 0.1) is 0 Å². The lowest BCUT2D eigenvalue weighted by atomic mass is 10.0. The molecule has 0 spiro atoms. The van der Waals surface area contributed by atoms with Gasteiger partial charge in [0.15, 0.2) is 0 Å². The molecule has 0 rings (SSSR count). The molecule has 0 saturated heterocycles. The van der Waals surface area contributed by atoms with E-state index in [0.29, 0.717) is 4.90 Å². The highest BCUT2D eigenvalue weighted by molar-refractivity contribution is 5.82. The Bertz CT molecular complexity index is 289. The third-order valence-electron chi connectivity index (χ3n) is 2.11. The molecule has 0 radical (unpaired) electrons. The first-order chi connectivity index (χ1) is 7.54. The summed E-state index contributed by atoms with van der Waals surface area (Å²) in [6, 6.07) is -1.44. The summed E-state index contributed by atoms with van der Waals surface area (Å²) >= 11 is 0. The van der Waals surface area contributed by atoms with E-state index in [1.54, 1.807) is 13.8 Å². The van der Waals surface area contributed by atoms with E-state index in [1.165, 1.54) is 0 Å². The summed E-state index contributed by atoms with van der Waals surface area (Å²) in [6.45, 7) is 2.76. The van der Waals surface area contributed by atoms with Crippen molar-refractivity contribution in [1.82, 2.24) is 4.90 Å². The van der Waals surface area contributed by atoms with Gasteiger partial charge in [-0.1, -0.05) is 13.8 Å². The quantitative estimate of drug-likeness (QED) is 0.816. The predicted molar refractivity (Wildman–Crippen MR) is 54.3 cm³/mol. The van der Waals surface area contributed by atoms with Crippen molar-refractivity contribution in [3.05, 3.63) is 0 Å². The smallest absolute Gasteiger partial charge is 0.406 e. The number of amides is 1. The monoisotopic (exact) mass is 255 g/mol. The van der Waals surface area contributed by atoms with Crippen LogP contribution in [0.15, 0.2) is 0 Å². The van der Waals surface area contributed by atoms with Gasteiger partial charge in [-0.3, -0.25) is 4.79 Å². The number of rotatable bonds is 5. The van der Waals surface area contributed by atoms with E-state index in [0.717, 1.165) is 6.92 Å². The molecule has 0 bridgehead atoms. The predicted octanol–water partition coefficient (Wildman–Crippen LogP) is 1.90. The maximum Gasteiger partial charge on any atom is 0.406 e. The zero-order valence-electron chi connectivity index (χ0n) is 9.91. The Balaban J connectivity index is 4.97. The van der Waals surface area contributed by atoms with Crippen LogP contribution in [0.1, 0.15) is 27.2 Å². The minimum atomic E-state index is -4.60. The molecule has 0 aliphatic heterocycles. The molecule has 4 nitrogen and oxygen atoms in total. The molecular weight excluding hydrogens is 239 g/mol. The van der Waals surface area contributed by atoms with Crippen LogP contribution in [-0.2, 0) is 9.59 Å². The van der Waals surface area contributed by atoms with Gasteiger partial charge in [-0.05, 0) is 12.3 Å². The van der Waals surface area contributed by atoms with Crippen molar-refractivity contribution >= 4 is 11.9 Å². The van der Waals surface area contributed by atoms with Gasteiger partial charge in [-0.2, -0.15) is 13.2 Å². The highest BCUT2D eigenvalue weighted by Gasteiger charge is 2.38. The van der Waals surface area contributed by atoms with Gasteiger partial charge in [0.2, 0.25) is 5.91 Å². The van der Waals surface area contributed by atoms with Crippen molar-refractivity contribution in [3.63, 3.8) is 0 Å². The van der Waals surface area contributed by atoms with Crippen LogP contribution in [0.2, 0.25) is 0 Å². The second kappa shape index (κ2) is 5.88. The molecule has 0 saturated carbocycles.